The molecule has 1 N–H and O–H groups in total. The maximum Gasteiger partial charge on any atom is 0.148 e. The Hall–Kier alpha value is -1.24. The van der Waals surface area contributed by atoms with E-state index in [1.54, 1.807) is 6.20 Å². The molecule has 6 nitrogen and oxygen atoms in total. The molecule has 0 aromatic carbocycles. The van der Waals surface area contributed by atoms with Crippen molar-refractivity contribution in [3.05, 3.63) is 18.3 Å². The number of morpholine rings is 1. The highest BCUT2D eigenvalue weighted by atomic mass is 16.5. The second kappa shape index (κ2) is 7.68. The molecule has 116 valence electrons. The lowest BCUT2D eigenvalue weighted by Gasteiger charge is -2.32. The maximum absolute atomic E-state index is 5.79. The number of hydrogen-bond acceptors (Lipinski definition) is 6. The zero-order valence-electron chi connectivity index (χ0n) is 12.4. The molecular formula is C15H24N4O2. The van der Waals surface area contributed by atoms with Crippen LogP contribution in [0.25, 0.3) is 0 Å². The predicted octanol–water partition coefficient (Wildman–Crippen LogP) is 1.02. The van der Waals surface area contributed by atoms with Gasteiger partial charge < -0.3 is 14.8 Å². The average Bonchev–Trinajstić information content (AvgIpc) is 3.35. The monoisotopic (exact) mass is 292 g/mol. The van der Waals surface area contributed by atoms with Crippen molar-refractivity contribution in [1.82, 2.24) is 15.1 Å². The maximum atomic E-state index is 5.79. The zero-order chi connectivity index (χ0) is 14.3. The first-order valence-electron chi connectivity index (χ1n) is 7.83. The number of ether oxygens (including phenoxy) is 2. The van der Waals surface area contributed by atoms with Crippen molar-refractivity contribution in [3.63, 3.8) is 0 Å². The number of nitrogens with zero attached hydrogens (tertiary/aromatic N) is 3. The van der Waals surface area contributed by atoms with Crippen LogP contribution in [0.2, 0.25) is 0 Å². The topological polar surface area (TPSA) is 59.5 Å². The smallest absolute Gasteiger partial charge is 0.148 e. The minimum Gasteiger partial charge on any atom is -0.380 e. The summed E-state index contributed by atoms with van der Waals surface area (Å²) in [4.78, 5) is 2.42. The van der Waals surface area contributed by atoms with E-state index in [1.807, 2.05) is 12.1 Å². The Balaban J connectivity index is 1.32. The molecule has 1 atom stereocenters. The van der Waals surface area contributed by atoms with E-state index in [1.165, 1.54) is 12.8 Å². The molecule has 2 heterocycles. The zero-order valence-corrected chi connectivity index (χ0v) is 12.4. The first kappa shape index (κ1) is 14.7. The van der Waals surface area contributed by atoms with E-state index >= 15 is 0 Å². The van der Waals surface area contributed by atoms with E-state index in [2.05, 4.69) is 20.4 Å². The third kappa shape index (κ3) is 5.22. The van der Waals surface area contributed by atoms with Gasteiger partial charge in [-0.25, -0.2) is 0 Å². The number of nitrogens with one attached hydrogen (secondary N) is 1. The van der Waals surface area contributed by atoms with Crippen LogP contribution in [0.15, 0.2) is 18.3 Å². The molecule has 6 heteroatoms. The van der Waals surface area contributed by atoms with Gasteiger partial charge >= 0.3 is 0 Å². The van der Waals surface area contributed by atoms with Gasteiger partial charge in [-0.05, 0) is 30.9 Å². The summed E-state index contributed by atoms with van der Waals surface area (Å²) in [7, 11) is 0. The van der Waals surface area contributed by atoms with E-state index in [4.69, 9.17) is 9.47 Å². The van der Waals surface area contributed by atoms with Crippen molar-refractivity contribution in [2.75, 3.05) is 51.3 Å². The van der Waals surface area contributed by atoms with E-state index < -0.39 is 0 Å². The molecule has 1 saturated heterocycles. The van der Waals surface area contributed by atoms with Crippen molar-refractivity contribution in [3.8, 4) is 0 Å². The Morgan fingerprint density at radius 1 is 1.43 bits per heavy atom. The van der Waals surface area contributed by atoms with Gasteiger partial charge in [0, 0.05) is 39.0 Å². The normalized spacial score (nSPS) is 23.1. The number of hydrogen-bond donors (Lipinski definition) is 1. The van der Waals surface area contributed by atoms with Gasteiger partial charge in [0.05, 0.1) is 19.3 Å². The van der Waals surface area contributed by atoms with Crippen LogP contribution in [-0.2, 0) is 9.47 Å². The third-order valence-corrected chi connectivity index (χ3v) is 3.91. The summed E-state index contributed by atoms with van der Waals surface area (Å²) in [5.74, 6) is 1.64. The highest BCUT2D eigenvalue weighted by molar-refractivity contribution is 5.31. The van der Waals surface area contributed by atoms with Gasteiger partial charge in [-0.2, -0.15) is 5.10 Å². The van der Waals surface area contributed by atoms with Crippen molar-refractivity contribution in [2.45, 2.75) is 18.9 Å². The molecule has 1 aliphatic carbocycles. The molecule has 2 aliphatic rings. The van der Waals surface area contributed by atoms with Gasteiger partial charge in [0.15, 0.2) is 0 Å². The summed E-state index contributed by atoms with van der Waals surface area (Å²) < 4.78 is 11.5. The second-order valence-corrected chi connectivity index (χ2v) is 5.80. The lowest BCUT2D eigenvalue weighted by molar-refractivity contribution is -0.0300. The predicted molar refractivity (Wildman–Crippen MR) is 80.2 cm³/mol. The van der Waals surface area contributed by atoms with Crippen molar-refractivity contribution in [2.24, 2.45) is 5.92 Å². The standard InChI is InChI=1S/C15H24N4O2/c1-2-15(18-17-5-1)16-10-14-11-19(7-9-21-14)6-8-20-12-13-3-4-13/h1-2,5,13-14H,3-4,6-12H2,(H,16,18)/t14-/m1/s1. The molecule has 0 bridgehead atoms. The van der Waals surface area contributed by atoms with Gasteiger partial charge in [0.25, 0.3) is 0 Å². The summed E-state index contributed by atoms with van der Waals surface area (Å²) in [6.45, 7) is 6.27. The summed E-state index contributed by atoms with van der Waals surface area (Å²) in [5.41, 5.74) is 0. The SMILES string of the molecule is c1cnnc(NC[C@@H]2CN(CCOCC3CC3)CCO2)c1. The highest BCUT2D eigenvalue weighted by Crippen LogP contribution is 2.28. The van der Waals surface area contributed by atoms with Crippen LogP contribution in [-0.4, -0.2) is 67.2 Å². The molecule has 3 rings (SSSR count). The van der Waals surface area contributed by atoms with Gasteiger partial charge in [0.1, 0.15) is 5.82 Å². The van der Waals surface area contributed by atoms with E-state index in [9.17, 15) is 0 Å². The van der Waals surface area contributed by atoms with Crippen LogP contribution >= 0.6 is 0 Å². The molecule has 0 unspecified atom stereocenters. The van der Waals surface area contributed by atoms with Gasteiger partial charge in [-0.1, -0.05) is 0 Å². The molecule has 2 fully saturated rings. The first-order chi connectivity index (χ1) is 10.4. The summed E-state index contributed by atoms with van der Waals surface area (Å²) in [6, 6.07) is 3.79. The van der Waals surface area contributed by atoms with Crippen molar-refractivity contribution >= 4 is 5.82 Å². The Bertz CT molecular complexity index is 413. The Morgan fingerprint density at radius 2 is 2.38 bits per heavy atom. The summed E-state index contributed by atoms with van der Waals surface area (Å²) in [5, 5.41) is 11.1. The summed E-state index contributed by atoms with van der Waals surface area (Å²) in [6.07, 6.45) is 4.58. The molecular weight excluding hydrogens is 268 g/mol. The molecule has 1 aromatic rings. The van der Waals surface area contributed by atoms with Crippen LogP contribution < -0.4 is 5.32 Å². The van der Waals surface area contributed by atoms with Crippen LogP contribution in [0.3, 0.4) is 0 Å². The van der Waals surface area contributed by atoms with Crippen LogP contribution in [0.5, 0.6) is 0 Å². The average molecular weight is 292 g/mol. The molecule has 0 spiro atoms. The first-order valence-corrected chi connectivity index (χ1v) is 7.83. The van der Waals surface area contributed by atoms with Crippen molar-refractivity contribution in [1.29, 1.82) is 0 Å². The Labute approximate surface area is 125 Å². The van der Waals surface area contributed by atoms with Gasteiger partial charge in [-0.15, -0.1) is 5.10 Å². The Morgan fingerprint density at radius 3 is 3.19 bits per heavy atom. The number of anilines is 1. The minimum absolute atomic E-state index is 0.198. The molecule has 1 aliphatic heterocycles. The summed E-state index contributed by atoms with van der Waals surface area (Å²) >= 11 is 0. The molecule has 0 radical (unpaired) electrons. The second-order valence-electron chi connectivity index (χ2n) is 5.80. The lowest BCUT2D eigenvalue weighted by Crippen LogP contribution is -2.46. The Kier molecular flexibility index (Phi) is 5.37. The van der Waals surface area contributed by atoms with Crippen LogP contribution in [0.4, 0.5) is 5.82 Å². The van der Waals surface area contributed by atoms with E-state index in [-0.39, 0.29) is 6.10 Å². The highest BCUT2D eigenvalue weighted by Gasteiger charge is 2.22. The van der Waals surface area contributed by atoms with E-state index in [0.29, 0.717) is 0 Å². The fourth-order valence-corrected chi connectivity index (χ4v) is 2.45. The number of rotatable bonds is 8. The third-order valence-electron chi connectivity index (χ3n) is 3.91. The molecule has 21 heavy (non-hydrogen) atoms. The molecule has 0 amide bonds. The molecule has 1 aromatic heterocycles. The lowest BCUT2D eigenvalue weighted by atomic mass is 10.2. The largest absolute Gasteiger partial charge is 0.380 e. The van der Waals surface area contributed by atoms with Crippen molar-refractivity contribution < 1.29 is 9.47 Å². The quantitative estimate of drug-likeness (QED) is 0.722. The fourth-order valence-electron chi connectivity index (χ4n) is 2.45. The van der Waals surface area contributed by atoms with Crippen LogP contribution in [0.1, 0.15) is 12.8 Å². The minimum atomic E-state index is 0.198. The van der Waals surface area contributed by atoms with Gasteiger partial charge in [0.2, 0.25) is 0 Å². The molecule has 1 saturated carbocycles. The fraction of sp³-hybridized carbons (Fsp3) is 0.733. The van der Waals surface area contributed by atoms with Gasteiger partial charge in [-0.3, -0.25) is 4.90 Å². The number of aromatic nitrogens is 2. The van der Waals surface area contributed by atoms with Crippen LogP contribution in [0, 0.1) is 5.92 Å². The van der Waals surface area contributed by atoms with E-state index in [0.717, 1.165) is 57.7 Å².